The molecule has 2 heterocycles. The largest absolute Gasteiger partial charge is 0.381 e. The third-order valence-corrected chi connectivity index (χ3v) is 5.23. The Morgan fingerprint density at radius 3 is 2.80 bits per heavy atom. The highest BCUT2D eigenvalue weighted by Gasteiger charge is 2.13. The van der Waals surface area contributed by atoms with Crippen LogP contribution in [0.5, 0.6) is 0 Å². The minimum absolute atomic E-state index is 0.673. The molecule has 0 spiro atoms. The molecule has 1 aromatic heterocycles. The Morgan fingerprint density at radius 2 is 2.12 bits per heavy atom. The predicted octanol–water partition coefficient (Wildman–Crippen LogP) is 2.65. The summed E-state index contributed by atoms with van der Waals surface area (Å²) in [6.07, 6.45) is 3.24. The molecule has 1 aliphatic rings. The number of thiazole rings is 1. The Bertz CT molecular complexity index is 527. The van der Waals surface area contributed by atoms with Crippen LogP contribution in [0.25, 0.3) is 0 Å². The van der Waals surface area contributed by atoms with Crippen molar-refractivity contribution in [1.82, 2.24) is 15.6 Å². The number of aliphatic imine (C=N–C) groups is 1. The van der Waals surface area contributed by atoms with Crippen LogP contribution < -0.4 is 10.6 Å². The molecule has 7 heteroatoms. The van der Waals surface area contributed by atoms with Gasteiger partial charge in [-0.15, -0.1) is 11.3 Å². The molecule has 0 saturated carbocycles. The molecule has 142 valence electrons. The lowest BCUT2D eigenvalue weighted by atomic mass is 10.0. The molecule has 0 bridgehead atoms. The van der Waals surface area contributed by atoms with E-state index < -0.39 is 0 Å². The van der Waals surface area contributed by atoms with Crippen molar-refractivity contribution in [3.05, 3.63) is 15.6 Å². The van der Waals surface area contributed by atoms with Gasteiger partial charge in [0.15, 0.2) is 5.96 Å². The van der Waals surface area contributed by atoms with E-state index in [1.807, 2.05) is 13.8 Å². The fourth-order valence-electron chi connectivity index (χ4n) is 2.76. The summed E-state index contributed by atoms with van der Waals surface area (Å²) in [6.45, 7) is 12.0. The van der Waals surface area contributed by atoms with Crippen LogP contribution >= 0.6 is 11.3 Å². The molecule has 0 aliphatic carbocycles. The van der Waals surface area contributed by atoms with Crippen LogP contribution in [0.2, 0.25) is 0 Å². The molecule has 25 heavy (non-hydrogen) atoms. The molecule has 0 atom stereocenters. The van der Waals surface area contributed by atoms with Crippen LogP contribution in [0.1, 0.15) is 41.8 Å². The number of guanidine groups is 1. The van der Waals surface area contributed by atoms with Crippen molar-refractivity contribution in [3.63, 3.8) is 0 Å². The Balaban J connectivity index is 1.63. The van der Waals surface area contributed by atoms with E-state index in [4.69, 9.17) is 9.47 Å². The van der Waals surface area contributed by atoms with Gasteiger partial charge in [-0.3, -0.25) is 0 Å². The number of rotatable bonds is 9. The third-order valence-electron chi connectivity index (χ3n) is 4.18. The predicted molar refractivity (Wildman–Crippen MR) is 103 cm³/mol. The monoisotopic (exact) mass is 368 g/mol. The minimum Gasteiger partial charge on any atom is -0.381 e. The summed E-state index contributed by atoms with van der Waals surface area (Å²) >= 11 is 1.72. The Hall–Kier alpha value is -1.18. The molecule has 0 radical (unpaired) electrons. The summed E-state index contributed by atoms with van der Waals surface area (Å²) in [7, 11) is 0. The second-order valence-corrected chi connectivity index (χ2v) is 7.64. The third kappa shape index (κ3) is 7.71. The zero-order chi connectivity index (χ0) is 17.9. The molecular formula is C18H32N4O2S. The van der Waals surface area contributed by atoms with Crippen LogP contribution in [0.15, 0.2) is 4.99 Å². The van der Waals surface area contributed by atoms with E-state index in [0.717, 1.165) is 75.4 Å². The maximum absolute atomic E-state index is 5.80. The number of nitrogens with one attached hydrogen (secondary N) is 2. The molecule has 1 aliphatic heterocycles. The number of hydrogen-bond donors (Lipinski definition) is 2. The molecule has 0 unspecified atom stereocenters. The van der Waals surface area contributed by atoms with Crippen LogP contribution in [0, 0.1) is 19.8 Å². The number of aromatic nitrogens is 1. The first-order chi connectivity index (χ1) is 12.2. The fraction of sp³-hybridized carbons (Fsp3) is 0.778. The van der Waals surface area contributed by atoms with Gasteiger partial charge in [0.2, 0.25) is 0 Å². The highest BCUT2D eigenvalue weighted by Crippen LogP contribution is 2.17. The number of aryl methyl sites for hydroxylation is 2. The molecule has 2 rings (SSSR count). The van der Waals surface area contributed by atoms with Crippen molar-refractivity contribution in [2.75, 3.05) is 39.5 Å². The highest BCUT2D eigenvalue weighted by atomic mass is 32.1. The van der Waals surface area contributed by atoms with Crippen molar-refractivity contribution in [2.24, 2.45) is 10.9 Å². The summed E-state index contributed by atoms with van der Waals surface area (Å²) in [5, 5.41) is 7.77. The van der Waals surface area contributed by atoms with Gasteiger partial charge in [0.25, 0.3) is 0 Å². The number of nitrogens with zero attached hydrogens (tertiary/aromatic N) is 2. The van der Waals surface area contributed by atoms with Gasteiger partial charge in [-0.2, -0.15) is 0 Å². The average molecular weight is 369 g/mol. The normalized spacial score (nSPS) is 16.2. The summed E-state index contributed by atoms with van der Waals surface area (Å²) in [5.74, 6) is 1.53. The summed E-state index contributed by atoms with van der Waals surface area (Å²) in [6, 6.07) is 0. The van der Waals surface area contributed by atoms with Gasteiger partial charge in [0.1, 0.15) is 0 Å². The summed E-state index contributed by atoms with van der Waals surface area (Å²) in [5.41, 5.74) is 1.09. The van der Waals surface area contributed by atoms with Gasteiger partial charge in [0.05, 0.1) is 17.2 Å². The van der Waals surface area contributed by atoms with Crippen LogP contribution in [0.3, 0.4) is 0 Å². The summed E-state index contributed by atoms with van der Waals surface area (Å²) < 4.78 is 11.2. The Labute approximate surface area is 155 Å². The molecule has 2 N–H and O–H groups in total. The summed E-state index contributed by atoms with van der Waals surface area (Å²) in [4.78, 5) is 10.3. The van der Waals surface area contributed by atoms with E-state index in [-0.39, 0.29) is 0 Å². The molecule has 6 nitrogen and oxygen atoms in total. The molecule has 1 saturated heterocycles. The van der Waals surface area contributed by atoms with E-state index in [1.165, 1.54) is 4.88 Å². The zero-order valence-corrected chi connectivity index (χ0v) is 16.6. The maximum atomic E-state index is 5.80. The van der Waals surface area contributed by atoms with E-state index in [1.54, 1.807) is 11.3 Å². The molecular weight excluding hydrogens is 336 g/mol. The zero-order valence-electron chi connectivity index (χ0n) is 15.8. The van der Waals surface area contributed by atoms with E-state index >= 15 is 0 Å². The molecule has 1 aromatic rings. The first-order valence-corrected chi connectivity index (χ1v) is 10.1. The lowest BCUT2D eigenvalue weighted by Gasteiger charge is -2.21. The van der Waals surface area contributed by atoms with Crippen molar-refractivity contribution >= 4 is 17.3 Å². The van der Waals surface area contributed by atoms with Gasteiger partial charge in [0, 0.05) is 44.4 Å². The van der Waals surface area contributed by atoms with Crippen molar-refractivity contribution < 1.29 is 9.47 Å². The standard InChI is InChI=1S/C18H32N4O2S/c1-4-19-18(21-12-17-14(2)22-15(3)25-17)20-8-5-9-24-13-16-6-10-23-11-7-16/h16H,4-13H2,1-3H3,(H2,19,20,21). The smallest absolute Gasteiger partial charge is 0.191 e. The SMILES string of the molecule is CCNC(=NCc1sc(C)nc1C)NCCCOCC1CCOCC1. The minimum atomic E-state index is 0.673. The first kappa shape index (κ1) is 20.1. The maximum Gasteiger partial charge on any atom is 0.191 e. The van der Waals surface area contributed by atoms with Gasteiger partial charge < -0.3 is 20.1 Å². The van der Waals surface area contributed by atoms with Crippen LogP contribution in [-0.4, -0.2) is 50.5 Å². The molecule has 0 aromatic carbocycles. The van der Waals surface area contributed by atoms with Gasteiger partial charge >= 0.3 is 0 Å². The van der Waals surface area contributed by atoms with Gasteiger partial charge in [-0.25, -0.2) is 9.98 Å². The second kappa shape index (κ2) is 11.4. The van der Waals surface area contributed by atoms with Gasteiger partial charge in [-0.05, 0) is 46.0 Å². The van der Waals surface area contributed by atoms with Crippen molar-refractivity contribution in [1.29, 1.82) is 0 Å². The average Bonchev–Trinajstić information content (AvgIpc) is 2.94. The first-order valence-electron chi connectivity index (χ1n) is 9.29. The second-order valence-electron chi connectivity index (χ2n) is 6.35. The molecule has 0 amide bonds. The fourth-order valence-corrected chi connectivity index (χ4v) is 3.62. The van der Waals surface area contributed by atoms with Crippen LogP contribution in [0.4, 0.5) is 0 Å². The Morgan fingerprint density at radius 1 is 1.32 bits per heavy atom. The van der Waals surface area contributed by atoms with E-state index in [2.05, 4.69) is 27.5 Å². The van der Waals surface area contributed by atoms with Crippen molar-refractivity contribution in [2.45, 2.75) is 46.6 Å². The van der Waals surface area contributed by atoms with E-state index in [0.29, 0.717) is 12.5 Å². The highest BCUT2D eigenvalue weighted by molar-refractivity contribution is 7.11. The number of hydrogen-bond acceptors (Lipinski definition) is 5. The van der Waals surface area contributed by atoms with Crippen LogP contribution in [-0.2, 0) is 16.0 Å². The topological polar surface area (TPSA) is 67.8 Å². The molecule has 1 fully saturated rings. The lowest BCUT2D eigenvalue weighted by molar-refractivity contribution is 0.0203. The number of ether oxygens (including phenoxy) is 2. The quantitative estimate of drug-likeness (QED) is 0.398. The van der Waals surface area contributed by atoms with Crippen molar-refractivity contribution in [3.8, 4) is 0 Å². The van der Waals surface area contributed by atoms with E-state index in [9.17, 15) is 0 Å². The Kier molecular flexibility index (Phi) is 9.21. The van der Waals surface area contributed by atoms with Gasteiger partial charge in [-0.1, -0.05) is 0 Å². The lowest BCUT2D eigenvalue weighted by Crippen LogP contribution is -2.38.